The first-order valence-corrected chi connectivity index (χ1v) is 5.43. The predicted octanol–water partition coefficient (Wildman–Crippen LogP) is 0.785. The van der Waals surface area contributed by atoms with Crippen molar-refractivity contribution in [1.82, 2.24) is 5.32 Å². The van der Waals surface area contributed by atoms with Gasteiger partial charge in [-0.2, -0.15) is 0 Å². The van der Waals surface area contributed by atoms with Crippen molar-refractivity contribution in [2.45, 2.75) is 18.4 Å². The van der Waals surface area contributed by atoms with Crippen molar-refractivity contribution in [3.63, 3.8) is 0 Å². The second-order valence-electron chi connectivity index (χ2n) is 4.04. The fourth-order valence-corrected chi connectivity index (χ4v) is 2.09. The van der Waals surface area contributed by atoms with E-state index in [-0.39, 0.29) is 18.2 Å². The summed E-state index contributed by atoms with van der Waals surface area (Å²) in [7, 11) is 1.58. The third-order valence-electron chi connectivity index (χ3n) is 3.03. The Hall–Kier alpha value is -1.88. The van der Waals surface area contributed by atoms with Crippen LogP contribution in [0.25, 0.3) is 0 Å². The van der Waals surface area contributed by atoms with E-state index in [1.165, 1.54) is 0 Å². The van der Waals surface area contributed by atoms with Crippen LogP contribution >= 0.6 is 0 Å². The molecule has 0 fully saturated rings. The lowest BCUT2D eigenvalue weighted by molar-refractivity contribution is -0.139. The number of carboxylic acid groups (broad SMARTS) is 1. The number of hydrogen-bond acceptors (Lipinski definition) is 3. The van der Waals surface area contributed by atoms with Crippen LogP contribution in [-0.2, 0) is 9.59 Å². The highest BCUT2D eigenvalue weighted by atomic mass is 16.4. The van der Waals surface area contributed by atoms with Gasteiger partial charge in [0.1, 0.15) is 6.04 Å². The minimum Gasteiger partial charge on any atom is -0.480 e. The number of rotatable bonds is 4. The first kappa shape index (κ1) is 11.6. The molecule has 1 aromatic carbocycles. The molecule has 1 aliphatic rings. The molecule has 5 nitrogen and oxygen atoms in total. The molecule has 0 saturated heterocycles. The van der Waals surface area contributed by atoms with Crippen LogP contribution < -0.4 is 10.6 Å². The molecule has 1 heterocycles. The van der Waals surface area contributed by atoms with Gasteiger partial charge in [-0.3, -0.25) is 9.59 Å². The number of carbonyl (C=O) groups is 2. The normalized spacial score (nSPS) is 19.6. The molecule has 0 radical (unpaired) electrons. The molecule has 90 valence electrons. The summed E-state index contributed by atoms with van der Waals surface area (Å²) in [4.78, 5) is 22.7. The molecule has 1 aromatic rings. The van der Waals surface area contributed by atoms with E-state index in [1.807, 2.05) is 24.3 Å². The molecular weight excluding hydrogens is 220 g/mol. The molecule has 2 rings (SSSR count). The molecule has 17 heavy (non-hydrogen) atoms. The van der Waals surface area contributed by atoms with Gasteiger partial charge >= 0.3 is 5.97 Å². The molecule has 0 spiro atoms. The maximum Gasteiger partial charge on any atom is 0.320 e. The van der Waals surface area contributed by atoms with Gasteiger partial charge in [0.2, 0.25) is 5.91 Å². The zero-order valence-electron chi connectivity index (χ0n) is 9.43. The van der Waals surface area contributed by atoms with Gasteiger partial charge < -0.3 is 15.7 Å². The van der Waals surface area contributed by atoms with E-state index in [2.05, 4.69) is 10.6 Å². The van der Waals surface area contributed by atoms with Crippen molar-refractivity contribution >= 4 is 17.6 Å². The van der Waals surface area contributed by atoms with Crippen LogP contribution in [0.5, 0.6) is 0 Å². The Bertz CT molecular complexity index is 459. The van der Waals surface area contributed by atoms with Gasteiger partial charge in [0, 0.05) is 5.69 Å². The fourth-order valence-electron chi connectivity index (χ4n) is 2.09. The van der Waals surface area contributed by atoms with Crippen LogP contribution in [0.3, 0.4) is 0 Å². The number of carboxylic acids is 1. The second kappa shape index (κ2) is 4.55. The van der Waals surface area contributed by atoms with Crippen LogP contribution in [0.2, 0.25) is 0 Å². The summed E-state index contributed by atoms with van der Waals surface area (Å²) in [5.41, 5.74) is 1.65. The number of nitrogens with one attached hydrogen (secondary N) is 2. The van der Waals surface area contributed by atoms with Crippen molar-refractivity contribution in [2.24, 2.45) is 0 Å². The molecule has 0 saturated carbocycles. The quantitative estimate of drug-likeness (QED) is 0.719. The van der Waals surface area contributed by atoms with Crippen LogP contribution in [0.4, 0.5) is 5.69 Å². The Morgan fingerprint density at radius 3 is 2.88 bits per heavy atom. The number of carbonyl (C=O) groups excluding carboxylic acids is 1. The van der Waals surface area contributed by atoms with E-state index in [0.29, 0.717) is 0 Å². The summed E-state index contributed by atoms with van der Waals surface area (Å²) in [6.07, 6.45) is 0.259. The first-order valence-electron chi connectivity index (χ1n) is 5.43. The number of fused-ring (bicyclic) bond motifs is 1. The third-order valence-corrected chi connectivity index (χ3v) is 3.03. The lowest BCUT2D eigenvalue weighted by Crippen LogP contribution is -2.36. The van der Waals surface area contributed by atoms with E-state index < -0.39 is 12.0 Å². The van der Waals surface area contributed by atoms with Crippen molar-refractivity contribution in [3.8, 4) is 0 Å². The Balaban J connectivity index is 2.22. The van der Waals surface area contributed by atoms with Crippen LogP contribution in [0.15, 0.2) is 24.3 Å². The van der Waals surface area contributed by atoms with Crippen LogP contribution in [0, 0.1) is 0 Å². The van der Waals surface area contributed by atoms with Gasteiger partial charge in [0.25, 0.3) is 0 Å². The molecule has 5 heteroatoms. The molecule has 0 aliphatic carbocycles. The summed E-state index contributed by atoms with van der Waals surface area (Å²) in [6.45, 7) is 0. The molecule has 2 unspecified atom stereocenters. The summed E-state index contributed by atoms with van der Waals surface area (Å²) in [6, 6.07) is 6.65. The van der Waals surface area contributed by atoms with E-state index >= 15 is 0 Å². The van der Waals surface area contributed by atoms with Gasteiger partial charge in [-0.25, -0.2) is 0 Å². The molecule has 3 N–H and O–H groups in total. The number of anilines is 1. The smallest absolute Gasteiger partial charge is 0.320 e. The molecule has 2 atom stereocenters. The van der Waals surface area contributed by atoms with Crippen molar-refractivity contribution in [3.05, 3.63) is 29.8 Å². The van der Waals surface area contributed by atoms with Gasteiger partial charge in [0.05, 0.1) is 5.92 Å². The van der Waals surface area contributed by atoms with E-state index in [1.54, 1.807) is 7.05 Å². The number of para-hydroxylation sites is 1. The highest BCUT2D eigenvalue weighted by Gasteiger charge is 2.33. The summed E-state index contributed by atoms with van der Waals surface area (Å²) in [5, 5.41) is 14.4. The number of benzene rings is 1. The Kier molecular flexibility index (Phi) is 3.10. The second-order valence-corrected chi connectivity index (χ2v) is 4.04. The SMILES string of the molecule is CNC(CC1C(=O)Nc2ccccc21)C(=O)O. The lowest BCUT2D eigenvalue weighted by Gasteiger charge is -2.15. The molecular formula is C12H14N2O3. The zero-order chi connectivity index (χ0) is 12.4. The summed E-state index contributed by atoms with van der Waals surface area (Å²) < 4.78 is 0. The Morgan fingerprint density at radius 2 is 2.24 bits per heavy atom. The number of likely N-dealkylation sites (N-methyl/N-ethyl adjacent to an activating group) is 1. The average Bonchev–Trinajstić information content (AvgIpc) is 2.61. The highest BCUT2D eigenvalue weighted by molar-refractivity contribution is 6.03. The number of amides is 1. The van der Waals surface area contributed by atoms with Crippen molar-refractivity contribution in [2.75, 3.05) is 12.4 Å². The van der Waals surface area contributed by atoms with Crippen LogP contribution in [0.1, 0.15) is 17.9 Å². The van der Waals surface area contributed by atoms with E-state index in [0.717, 1.165) is 11.3 Å². The van der Waals surface area contributed by atoms with Gasteiger partial charge in [0.15, 0.2) is 0 Å². The minimum atomic E-state index is -0.940. The first-order chi connectivity index (χ1) is 8.13. The molecule has 0 bridgehead atoms. The van der Waals surface area contributed by atoms with E-state index in [4.69, 9.17) is 5.11 Å². The maximum atomic E-state index is 11.8. The zero-order valence-corrected chi connectivity index (χ0v) is 9.43. The number of hydrogen-bond donors (Lipinski definition) is 3. The van der Waals surface area contributed by atoms with Crippen LogP contribution in [-0.4, -0.2) is 30.1 Å². The number of aliphatic carboxylic acids is 1. The van der Waals surface area contributed by atoms with Gasteiger partial charge in [-0.15, -0.1) is 0 Å². The van der Waals surface area contributed by atoms with Crippen molar-refractivity contribution < 1.29 is 14.7 Å². The fraction of sp³-hybridized carbons (Fsp3) is 0.333. The topological polar surface area (TPSA) is 78.4 Å². The monoisotopic (exact) mass is 234 g/mol. The molecule has 0 aromatic heterocycles. The standard InChI is InChI=1S/C12H14N2O3/c1-13-10(12(16)17)6-8-7-4-2-3-5-9(7)14-11(8)15/h2-5,8,10,13H,6H2,1H3,(H,14,15)(H,16,17). The Labute approximate surface area is 98.8 Å². The summed E-state index contributed by atoms with van der Waals surface area (Å²) >= 11 is 0. The largest absolute Gasteiger partial charge is 0.480 e. The van der Waals surface area contributed by atoms with Crippen molar-refractivity contribution in [1.29, 1.82) is 0 Å². The molecule has 1 aliphatic heterocycles. The highest BCUT2D eigenvalue weighted by Crippen LogP contribution is 2.34. The minimum absolute atomic E-state index is 0.132. The third kappa shape index (κ3) is 2.14. The van der Waals surface area contributed by atoms with E-state index in [9.17, 15) is 9.59 Å². The average molecular weight is 234 g/mol. The maximum absolute atomic E-state index is 11.8. The van der Waals surface area contributed by atoms with Gasteiger partial charge in [-0.1, -0.05) is 18.2 Å². The Morgan fingerprint density at radius 1 is 1.53 bits per heavy atom. The van der Waals surface area contributed by atoms with Gasteiger partial charge in [-0.05, 0) is 25.1 Å². The predicted molar refractivity (Wildman–Crippen MR) is 62.9 cm³/mol. The summed E-state index contributed by atoms with van der Waals surface area (Å²) in [5.74, 6) is -1.46. The lowest BCUT2D eigenvalue weighted by atomic mass is 9.93. The molecule has 1 amide bonds.